The monoisotopic (exact) mass is 249 g/mol. The SMILES string of the molecule is COC(=O)c1cc(N)ccc1OCC(F)(F)F. The quantitative estimate of drug-likeness (QED) is 0.657. The number of carbonyl (C=O) groups excluding carboxylic acids is 1. The van der Waals surface area contributed by atoms with Crippen LogP contribution in [0.5, 0.6) is 5.75 Å². The third kappa shape index (κ3) is 3.86. The molecule has 0 aliphatic rings. The normalized spacial score (nSPS) is 11.1. The summed E-state index contributed by atoms with van der Waals surface area (Å²) in [5.74, 6) is -1.03. The van der Waals surface area contributed by atoms with Crippen LogP contribution in [0.1, 0.15) is 10.4 Å². The molecule has 7 heteroatoms. The fraction of sp³-hybridized carbons (Fsp3) is 0.300. The first-order valence-electron chi connectivity index (χ1n) is 4.51. The van der Waals surface area contributed by atoms with E-state index in [2.05, 4.69) is 9.47 Å². The lowest BCUT2D eigenvalue weighted by atomic mass is 10.2. The van der Waals surface area contributed by atoms with Gasteiger partial charge < -0.3 is 15.2 Å². The van der Waals surface area contributed by atoms with Gasteiger partial charge >= 0.3 is 12.1 Å². The molecular weight excluding hydrogens is 239 g/mol. The van der Waals surface area contributed by atoms with Crippen LogP contribution in [-0.2, 0) is 4.74 Å². The van der Waals surface area contributed by atoms with Gasteiger partial charge in [-0.3, -0.25) is 0 Å². The van der Waals surface area contributed by atoms with Crippen molar-refractivity contribution in [2.45, 2.75) is 6.18 Å². The Kier molecular flexibility index (Phi) is 3.82. The van der Waals surface area contributed by atoms with Crippen LogP contribution in [0.2, 0.25) is 0 Å². The van der Waals surface area contributed by atoms with Crippen molar-refractivity contribution in [1.82, 2.24) is 0 Å². The highest BCUT2D eigenvalue weighted by molar-refractivity contribution is 5.93. The third-order valence-electron chi connectivity index (χ3n) is 1.80. The summed E-state index contributed by atoms with van der Waals surface area (Å²) in [7, 11) is 1.11. The van der Waals surface area contributed by atoms with Crippen LogP contribution in [0.4, 0.5) is 18.9 Å². The van der Waals surface area contributed by atoms with Gasteiger partial charge in [-0.25, -0.2) is 4.79 Å². The highest BCUT2D eigenvalue weighted by Gasteiger charge is 2.29. The molecule has 0 fully saturated rings. The van der Waals surface area contributed by atoms with Crippen molar-refractivity contribution < 1.29 is 27.4 Å². The standard InChI is InChI=1S/C10H10F3NO3/c1-16-9(15)7-4-6(14)2-3-8(7)17-5-10(11,12)13/h2-4H,5,14H2,1H3. The maximum atomic E-state index is 12.0. The van der Waals surface area contributed by atoms with Crippen molar-refractivity contribution in [1.29, 1.82) is 0 Å². The van der Waals surface area contributed by atoms with Crippen LogP contribution >= 0.6 is 0 Å². The molecule has 94 valence electrons. The lowest BCUT2D eigenvalue weighted by molar-refractivity contribution is -0.153. The van der Waals surface area contributed by atoms with Gasteiger partial charge in [-0.05, 0) is 18.2 Å². The smallest absolute Gasteiger partial charge is 0.422 e. The maximum absolute atomic E-state index is 12.0. The first-order valence-corrected chi connectivity index (χ1v) is 4.51. The second kappa shape index (κ2) is 4.94. The third-order valence-corrected chi connectivity index (χ3v) is 1.80. The molecule has 1 rings (SSSR count). The van der Waals surface area contributed by atoms with Crippen LogP contribution in [0, 0.1) is 0 Å². The summed E-state index contributed by atoms with van der Waals surface area (Å²) in [6.07, 6.45) is -4.48. The van der Waals surface area contributed by atoms with E-state index in [-0.39, 0.29) is 17.0 Å². The van der Waals surface area contributed by atoms with E-state index >= 15 is 0 Å². The molecule has 0 bridgehead atoms. The molecule has 0 aliphatic carbocycles. The minimum atomic E-state index is -4.48. The van der Waals surface area contributed by atoms with Crippen LogP contribution in [0.25, 0.3) is 0 Å². The van der Waals surface area contributed by atoms with Crippen LogP contribution in [0.15, 0.2) is 18.2 Å². The average Bonchev–Trinajstić information content (AvgIpc) is 2.25. The molecule has 1 aromatic rings. The summed E-state index contributed by atoms with van der Waals surface area (Å²) < 4.78 is 44.8. The van der Waals surface area contributed by atoms with Crippen molar-refractivity contribution in [2.75, 3.05) is 19.5 Å². The van der Waals surface area contributed by atoms with E-state index in [1.807, 2.05) is 0 Å². The Bertz CT molecular complexity index is 418. The number of methoxy groups -OCH3 is 1. The molecule has 4 nitrogen and oxygen atoms in total. The summed E-state index contributed by atoms with van der Waals surface area (Å²) in [5, 5.41) is 0. The van der Waals surface area contributed by atoms with Gasteiger partial charge in [-0.15, -0.1) is 0 Å². The number of ether oxygens (including phenoxy) is 2. The molecule has 0 atom stereocenters. The van der Waals surface area contributed by atoms with Crippen molar-refractivity contribution in [3.63, 3.8) is 0 Å². The van der Waals surface area contributed by atoms with E-state index in [1.54, 1.807) is 0 Å². The number of hydrogen-bond acceptors (Lipinski definition) is 4. The van der Waals surface area contributed by atoms with Gasteiger partial charge in [-0.1, -0.05) is 0 Å². The van der Waals surface area contributed by atoms with E-state index < -0.39 is 18.8 Å². The Morgan fingerprint density at radius 3 is 2.59 bits per heavy atom. The van der Waals surface area contributed by atoms with Crippen molar-refractivity contribution >= 4 is 11.7 Å². The Morgan fingerprint density at radius 2 is 2.06 bits per heavy atom. The molecule has 0 unspecified atom stereocenters. The molecule has 0 aromatic heterocycles. The van der Waals surface area contributed by atoms with E-state index in [4.69, 9.17) is 5.73 Å². The van der Waals surface area contributed by atoms with Crippen LogP contribution in [0.3, 0.4) is 0 Å². The molecule has 0 amide bonds. The largest absolute Gasteiger partial charge is 0.483 e. The lowest BCUT2D eigenvalue weighted by Gasteiger charge is -2.12. The minimum Gasteiger partial charge on any atom is -0.483 e. The first-order chi connectivity index (χ1) is 7.83. The van der Waals surface area contributed by atoms with E-state index in [0.29, 0.717) is 0 Å². The Morgan fingerprint density at radius 1 is 1.41 bits per heavy atom. The summed E-state index contributed by atoms with van der Waals surface area (Å²) in [4.78, 5) is 11.3. The number of anilines is 1. The number of hydrogen-bond donors (Lipinski definition) is 1. The molecule has 0 saturated heterocycles. The number of esters is 1. The number of alkyl halides is 3. The molecule has 17 heavy (non-hydrogen) atoms. The first kappa shape index (κ1) is 13.1. The molecular formula is C10H10F3NO3. The zero-order valence-corrected chi connectivity index (χ0v) is 8.88. The Hall–Kier alpha value is -1.92. The lowest BCUT2D eigenvalue weighted by Crippen LogP contribution is -2.20. The maximum Gasteiger partial charge on any atom is 0.422 e. The minimum absolute atomic E-state index is 0.142. The van der Waals surface area contributed by atoms with Gasteiger partial charge in [0.05, 0.1) is 7.11 Å². The van der Waals surface area contributed by atoms with Gasteiger partial charge in [0.25, 0.3) is 0 Å². The van der Waals surface area contributed by atoms with Gasteiger partial charge in [0.2, 0.25) is 0 Å². The van der Waals surface area contributed by atoms with Gasteiger partial charge in [0.1, 0.15) is 11.3 Å². The molecule has 0 saturated carbocycles. The van der Waals surface area contributed by atoms with E-state index in [0.717, 1.165) is 7.11 Å². The van der Waals surface area contributed by atoms with Crippen LogP contribution in [-0.4, -0.2) is 25.9 Å². The molecule has 0 spiro atoms. The van der Waals surface area contributed by atoms with Crippen molar-refractivity contribution in [3.05, 3.63) is 23.8 Å². The Balaban J connectivity index is 2.94. The summed E-state index contributed by atoms with van der Waals surface area (Å²) >= 11 is 0. The number of nitrogens with two attached hydrogens (primary N) is 1. The fourth-order valence-corrected chi connectivity index (χ4v) is 1.10. The Labute approximate surface area is 95.1 Å². The van der Waals surface area contributed by atoms with E-state index in [1.165, 1.54) is 18.2 Å². The predicted octanol–water partition coefficient (Wildman–Crippen LogP) is 2.00. The highest BCUT2D eigenvalue weighted by Crippen LogP contribution is 2.24. The van der Waals surface area contributed by atoms with Crippen molar-refractivity contribution in [3.8, 4) is 5.75 Å². The molecule has 2 N–H and O–H groups in total. The summed E-state index contributed by atoms with van der Waals surface area (Å²) in [5.41, 5.74) is 5.50. The van der Waals surface area contributed by atoms with Gasteiger partial charge in [0, 0.05) is 5.69 Å². The molecule has 0 aliphatic heterocycles. The second-order valence-electron chi connectivity index (χ2n) is 3.15. The van der Waals surface area contributed by atoms with Gasteiger partial charge in [0.15, 0.2) is 6.61 Å². The number of carbonyl (C=O) groups is 1. The second-order valence-corrected chi connectivity index (χ2v) is 3.15. The number of benzene rings is 1. The average molecular weight is 249 g/mol. The number of halogens is 3. The van der Waals surface area contributed by atoms with Crippen molar-refractivity contribution in [2.24, 2.45) is 0 Å². The summed E-state index contributed by atoms with van der Waals surface area (Å²) in [6, 6.07) is 3.71. The summed E-state index contributed by atoms with van der Waals surface area (Å²) in [6.45, 7) is -1.49. The number of rotatable bonds is 3. The molecule has 0 heterocycles. The zero-order valence-electron chi connectivity index (χ0n) is 8.88. The van der Waals surface area contributed by atoms with E-state index in [9.17, 15) is 18.0 Å². The molecule has 1 aromatic carbocycles. The fourth-order valence-electron chi connectivity index (χ4n) is 1.10. The molecule has 0 radical (unpaired) electrons. The zero-order chi connectivity index (χ0) is 13.1. The highest BCUT2D eigenvalue weighted by atomic mass is 19.4. The topological polar surface area (TPSA) is 61.5 Å². The number of nitrogen functional groups attached to an aromatic ring is 1. The predicted molar refractivity (Wildman–Crippen MR) is 53.7 cm³/mol. The van der Waals surface area contributed by atoms with Crippen LogP contribution < -0.4 is 10.5 Å². The van der Waals surface area contributed by atoms with Gasteiger partial charge in [-0.2, -0.15) is 13.2 Å².